The minimum Gasteiger partial charge on any atom is -0.413 e. The summed E-state index contributed by atoms with van der Waals surface area (Å²) in [4.78, 5) is 10.8. The van der Waals surface area contributed by atoms with Crippen molar-refractivity contribution in [1.82, 2.24) is 5.32 Å². The van der Waals surface area contributed by atoms with Crippen molar-refractivity contribution in [3.05, 3.63) is 38.3 Å². The lowest BCUT2D eigenvalue weighted by atomic mass is 10.2. The first-order valence-corrected chi connectivity index (χ1v) is 11.5. The molecule has 0 saturated carbocycles. The van der Waals surface area contributed by atoms with Crippen molar-refractivity contribution < 1.29 is 9.35 Å². The van der Waals surface area contributed by atoms with Crippen LogP contribution < -0.4 is 5.32 Å². The van der Waals surface area contributed by atoms with Gasteiger partial charge in [-0.2, -0.15) is 0 Å². The molecule has 0 spiro atoms. The van der Waals surface area contributed by atoms with Crippen LogP contribution >= 0.6 is 15.9 Å². The normalized spacial score (nSPS) is 13.9. The van der Waals surface area contributed by atoms with Crippen LogP contribution in [0, 0.1) is 10.1 Å². The van der Waals surface area contributed by atoms with Gasteiger partial charge in [0.25, 0.3) is 5.69 Å². The number of nitro groups is 1. The van der Waals surface area contributed by atoms with E-state index in [1.54, 1.807) is 6.07 Å². The Morgan fingerprint density at radius 1 is 1.39 bits per heavy atom. The van der Waals surface area contributed by atoms with Crippen molar-refractivity contribution in [3.63, 3.8) is 0 Å². The molecule has 130 valence electrons. The summed E-state index contributed by atoms with van der Waals surface area (Å²) in [5.41, 5.74) is 0.808. The third kappa shape index (κ3) is 5.98. The van der Waals surface area contributed by atoms with E-state index in [0.717, 1.165) is 0 Å². The Kier molecular flexibility index (Phi) is 6.94. The molecule has 1 aromatic carbocycles. The van der Waals surface area contributed by atoms with E-state index in [2.05, 4.69) is 55.1 Å². The van der Waals surface area contributed by atoms with Crippen LogP contribution in [-0.2, 0) is 11.0 Å². The van der Waals surface area contributed by atoms with E-state index >= 15 is 0 Å². The quantitative estimate of drug-likeness (QED) is 0.401. The van der Waals surface area contributed by atoms with Crippen LogP contribution in [0.15, 0.2) is 22.7 Å². The highest BCUT2D eigenvalue weighted by Gasteiger charge is 2.38. The first-order valence-electron chi connectivity index (χ1n) is 7.75. The van der Waals surface area contributed by atoms with Gasteiger partial charge in [-0.25, -0.2) is 0 Å². The SMILES string of the molecule is CC(CNCc1ccc(Br)cc1[N+](=O)[O-])O[Si](C)(C)C(C)(C)C. The molecule has 1 unspecified atom stereocenters. The van der Waals surface area contributed by atoms with E-state index in [1.807, 2.05) is 13.0 Å². The summed E-state index contributed by atoms with van der Waals surface area (Å²) >= 11 is 3.27. The van der Waals surface area contributed by atoms with Crippen molar-refractivity contribution >= 4 is 29.9 Å². The zero-order chi connectivity index (χ0) is 17.8. The molecule has 0 saturated heterocycles. The Morgan fingerprint density at radius 2 is 2.00 bits per heavy atom. The molecule has 0 radical (unpaired) electrons. The highest BCUT2D eigenvalue weighted by molar-refractivity contribution is 9.10. The minimum absolute atomic E-state index is 0.0744. The molecule has 0 aliphatic heterocycles. The van der Waals surface area contributed by atoms with E-state index in [1.165, 1.54) is 6.07 Å². The molecule has 7 heteroatoms. The molecular weight excluding hydrogens is 376 g/mol. The van der Waals surface area contributed by atoms with Gasteiger partial charge in [0, 0.05) is 29.2 Å². The Labute approximate surface area is 148 Å². The van der Waals surface area contributed by atoms with Gasteiger partial charge in [0.1, 0.15) is 0 Å². The number of rotatable bonds is 7. The molecule has 0 amide bonds. The van der Waals surface area contributed by atoms with Gasteiger partial charge in [-0.1, -0.05) is 36.7 Å². The van der Waals surface area contributed by atoms with Gasteiger partial charge in [-0.3, -0.25) is 10.1 Å². The summed E-state index contributed by atoms with van der Waals surface area (Å²) in [6.45, 7) is 14.3. The topological polar surface area (TPSA) is 64.4 Å². The first-order chi connectivity index (χ1) is 10.4. The molecule has 1 N–H and O–H groups in total. The average molecular weight is 403 g/mol. The molecule has 0 aromatic heterocycles. The molecule has 0 heterocycles. The lowest BCUT2D eigenvalue weighted by Crippen LogP contribution is -2.45. The van der Waals surface area contributed by atoms with Crippen LogP contribution in [0.1, 0.15) is 33.3 Å². The smallest absolute Gasteiger partial charge is 0.275 e. The molecule has 5 nitrogen and oxygen atoms in total. The Balaban J connectivity index is 2.59. The van der Waals surface area contributed by atoms with Gasteiger partial charge in [-0.15, -0.1) is 0 Å². The number of hydrogen-bond acceptors (Lipinski definition) is 4. The van der Waals surface area contributed by atoms with E-state index in [4.69, 9.17) is 4.43 Å². The highest BCUT2D eigenvalue weighted by Crippen LogP contribution is 2.37. The van der Waals surface area contributed by atoms with Crippen molar-refractivity contribution in [2.75, 3.05) is 6.54 Å². The largest absolute Gasteiger partial charge is 0.413 e. The summed E-state index contributed by atoms with van der Waals surface area (Å²) in [5, 5.41) is 14.5. The number of nitrogens with zero attached hydrogens (tertiary/aromatic N) is 1. The number of nitro benzene ring substituents is 1. The molecule has 0 bridgehead atoms. The second kappa shape index (κ2) is 7.87. The summed E-state index contributed by atoms with van der Waals surface area (Å²) in [5.74, 6) is 0. The number of benzene rings is 1. The molecule has 1 atom stereocenters. The average Bonchev–Trinajstić information content (AvgIpc) is 2.38. The van der Waals surface area contributed by atoms with Gasteiger partial charge in [-0.05, 0) is 37.2 Å². The lowest BCUT2D eigenvalue weighted by molar-refractivity contribution is -0.385. The van der Waals surface area contributed by atoms with Crippen LogP contribution in [-0.4, -0.2) is 25.9 Å². The molecule has 23 heavy (non-hydrogen) atoms. The third-order valence-electron chi connectivity index (χ3n) is 4.29. The summed E-state index contributed by atoms with van der Waals surface area (Å²) in [7, 11) is -1.79. The van der Waals surface area contributed by atoms with Gasteiger partial charge in [0.15, 0.2) is 8.32 Å². The second-order valence-corrected chi connectivity index (χ2v) is 13.0. The molecule has 0 aliphatic rings. The molecule has 0 fully saturated rings. The predicted octanol–water partition coefficient (Wildman–Crippen LogP) is 4.86. The Bertz CT molecular complexity index is 559. The monoisotopic (exact) mass is 402 g/mol. The predicted molar refractivity (Wildman–Crippen MR) is 100 cm³/mol. The van der Waals surface area contributed by atoms with Crippen LogP contribution in [0.3, 0.4) is 0 Å². The lowest BCUT2D eigenvalue weighted by Gasteiger charge is -2.38. The van der Waals surface area contributed by atoms with Crippen molar-refractivity contribution in [2.24, 2.45) is 0 Å². The van der Waals surface area contributed by atoms with Crippen molar-refractivity contribution in [2.45, 2.75) is 58.5 Å². The fourth-order valence-corrected chi connectivity index (χ4v) is 3.78. The maximum atomic E-state index is 11.1. The minimum atomic E-state index is -1.79. The highest BCUT2D eigenvalue weighted by atomic mass is 79.9. The maximum Gasteiger partial charge on any atom is 0.275 e. The zero-order valence-electron chi connectivity index (χ0n) is 14.8. The van der Waals surface area contributed by atoms with Gasteiger partial charge in [0.05, 0.1) is 11.0 Å². The van der Waals surface area contributed by atoms with Gasteiger partial charge < -0.3 is 9.74 Å². The first kappa shape index (κ1) is 20.3. The number of hydrogen-bond donors (Lipinski definition) is 1. The van der Waals surface area contributed by atoms with Crippen molar-refractivity contribution in [1.29, 1.82) is 0 Å². The molecule has 1 aromatic rings. The van der Waals surface area contributed by atoms with Crippen LogP contribution in [0.2, 0.25) is 18.1 Å². The standard InChI is InChI=1S/C16H27BrN2O3Si/c1-12(22-23(5,6)16(2,3)4)10-18-11-13-7-8-14(17)9-15(13)19(20)21/h7-9,12,18H,10-11H2,1-6H3. The van der Waals surface area contributed by atoms with E-state index in [0.29, 0.717) is 23.1 Å². The number of halogens is 1. The maximum absolute atomic E-state index is 11.1. The summed E-state index contributed by atoms with van der Waals surface area (Å²) < 4.78 is 6.98. The van der Waals surface area contributed by atoms with E-state index < -0.39 is 8.32 Å². The fourth-order valence-electron chi connectivity index (χ4n) is 1.99. The molecule has 0 aliphatic carbocycles. The van der Waals surface area contributed by atoms with Crippen molar-refractivity contribution in [3.8, 4) is 0 Å². The van der Waals surface area contributed by atoms with Crippen LogP contribution in [0.25, 0.3) is 0 Å². The van der Waals surface area contributed by atoms with E-state index in [-0.39, 0.29) is 21.8 Å². The fraction of sp³-hybridized carbons (Fsp3) is 0.625. The van der Waals surface area contributed by atoms with E-state index in [9.17, 15) is 10.1 Å². The Hall–Kier alpha value is -0.763. The van der Waals surface area contributed by atoms with Crippen LogP contribution in [0.4, 0.5) is 5.69 Å². The van der Waals surface area contributed by atoms with Crippen LogP contribution in [0.5, 0.6) is 0 Å². The second-order valence-electron chi connectivity index (χ2n) is 7.35. The summed E-state index contributed by atoms with van der Waals surface area (Å²) in [6, 6.07) is 5.13. The third-order valence-corrected chi connectivity index (χ3v) is 9.39. The summed E-state index contributed by atoms with van der Waals surface area (Å²) in [6.07, 6.45) is 0.0744. The zero-order valence-corrected chi connectivity index (χ0v) is 17.4. The molecular formula is C16H27BrN2O3Si. The number of nitrogens with one attached hydrogen (secondary N) is 1. The Morgan fingerprint density at radius 3 is 2.52 bits per heavy atom. The molecule has 1 rings (SSSR count). The van der Waals surface area contributed by atoms with Gasteiger partial charge >= 0.3 is 0 Å². The van der Waals surface area contributed by atoms with Gasteiger partial charge in [0.2, 0.25) is 0 Å².